The summed E-state index contributed by atoms with van der Waals surface area (Å²) in [5.41, 5.74) is 2.25. The van der Waals surface area contributed by atoms with Crippen molar-refractivity contribution < 1.29 is 4.42 Å². The molecule has 15 heavy (non-hydrogen) atoms. The number of hydrogen-bond donors (Lipinski definition) is 0. The van der Waals surface area contributed by atoms with Gasteiger partial charge in [-0.25, -0.2) is 0 Å². The summed E-state index contributed by atoms with van der Waals surface area (Å²) in [6.45, 7) is 0. The Morgan fingerprint density at radius 3 is 2.53 bits per heavy atom. The second kappa shape index (κ2) is 4.86. The summed E-state index contributed by atoms with van der Waals surface area (Å²) < 4.78 is 6.08. The molecule has 0 amide bonds. The minimum Gasteiger partial charge on any atom is -0.472 e. The van der Waals surface area contributed by atoms with E-state index in [2.05, 4.69) is 28.1 Å². The average Bonchev–Trinajstić information content (AvgIpc) is 2.74. The van der Waals surface area contributed by atoms with E-state index in [0.29, 0.717) is 0 Å². The fraction of sp³-hybridized carbons (Fsp3) is 0.167. The van der Waals surface area contributed by atoms with Crippen molar-refractivity contribution in [3.8, 4) is 0 Å². The van der Waals surface area contributed by atoms with E-state index < -0.39 is 0 Å². The van der Waals surface area contributed by atoms with Crippen LogP contribution in [0.5, 0.6) is 0 Å². The SMILES string of the molecule is ClC(Cc1ccc(Br)cc1)c1ccoc1. The van der Waals surface area contributed by atoms with Crippen molar-refractivity contribution in [1.82, 2.24) is 0 Å². The van der Waals surface area contributed by atoms with Crippen LogP contribution in [0, 0.1) is 0 Å². The largest absolute Gasteiger partial charge is 0.472 e. The van der Waals surface area contributed by atoms with E-state index in [0.717, 1.165) is 16.5 Å². The molecule has 0 fully saturated rings. The van der Waals surface area contributed by atoms with Crippen LogP contribution in [0.4, 0.5) is 0 Å². The van der Waals surface area contributed by atoms with Gasteiger partial charge in [-0.15, -0.1) is 11.6 Å². The fourth-order valence-corrected chi connectivity index (χ4v) is 1.97. The molecule has 2 rings (SSSR count). The molecule has 0 aliphatic rings. The Morgan fingerprint density at radius 1 is 1.20 bits per heavy atom. The zero-order valence-corrected chi connectivity index (χ0v) is 10.3. The van der Waals surface area contributed by atoms with Crippen LogP contribution >= 0.6 is 27.5 Å². The van der Waals surface area contributed by atoms with E-state index in [1.165, 1.54) is 5.56 Å². The van der Waals surface area contributed by atoms with Gasteiger partial charge < -0.3 is 4.42 Å². The van der Waals surface area contributed by atoms with Crippen LogP contribution in [-0.4, -0.2) is 0 Å². The van der Waals surface area contributed by atoms with Crippen LogP contribution in [0.3, 0.4) is 0 Å². The van der Waals surface area contributed by atoms with Gasteiger partial charge in [-0.1, -0.05) is 28.1 Å². The highest BCUT2D eigenvalue weighted by Crippen LogP contribution is 2.25. The summed E-state index contributed by atoms with van der Waals surface area (Å²) in [6, 6.07) is 10.1. The maximum Gasteiger partial charge on any atom is 0.0949 e. The lowest BCUT2D eigenvalue weighted by Crippen LogP contribution is -1.93. The number of benzene rings is 1. The van der Waals surface area contributed by atoms with E-state index in [4.69, 9.17) is 16.0 Å². The third kappa shape index (κ3) is 2.86. The normalized spacial score (nSPS) is 12.7. The Kier molecular flexibility index (Phi) is 3.49. The number of alkyl halides is 1. The van der Waals surface area contributed by atoms with Gasteiger partial charge in [-0.2, -0.15) is 0 Å². The average molecular weight is 286 g/mol. The minimum atomic E-state index is -0.0232. The van der Waals surface area contributed by atoms with Crippen molar-refractivity contribution in [2.75, 3.05) is 0 Å². The first-order valence-corrected chi connectivity index (χ1v) is 5.89. The van der Waals surface area contributed by atoms with E-state index >= 15 is 0 Å². The molecule has 1 heterocycles. The molecule has 0 N–H and O–H groups in total. The van der Waals surface area contributed by atoms with Gasteiger partial charge in [-0.3, -0.25) is 0 Å². The summed E-state index contributed by atoms with van der Waals surface area (Å²) in [4.78, 5) is 0. The topological polar surface area (TPSA) is 13.1 Å². The van der Waals surface area contributed by atoms with Crippen molar-refractivity contribution in [3.63, 3.8) is 0 Å². The maximum absolute atomic E-state index is 6.25. The highest BCUT2D eigenvalue weighted by atomic mass is 79.9. The van der Waals surface area contributed by atoms with Gasteiger partial charge in [-0.05, 0) is 30.2 Å². The lowest BCUT2D eigenvalue weighted by molar-refractivity contribution is 0.563. The molecule has 2 aromatic rings. The first-order chi connectivity index (χ1) is 7.25. The van der Waals surface area contributed by atoms with E-state index in [9.17, 15) is 0 Å². The van der Waals surface area contributed by atoms with Gasteiger partial charge in [0.25, 0.3) is 0 Å². The van der Waals surface area contributed by atoms with Gasteiger partial charge in [0.05, 0.1) is 17.9 Å². The Bertz CT molecular complexity index is 408. The molecule has 1 aromatic carbocycles. The molecule has 0 bridgehead atoms. The highest BCUT2D eigenvalue weighted by molar-refractivity contribution is 9.10. The van der Waals surface area contributed by atoms with Crippen LogP contribution in [0.25, 0.3) is 0 Å². The van der Waals surface area contributed by atoms with Crippen LogP contribution in [0.2, 0.25) is 0 Å². The van der Waals surface area contributed by atoms with Crippen molar-refractivity contribution in [2.45, 2.75) is 11.8 Å². The molecule has 1 aromatic heterocycles. The lowest BCUT2D eigenvalue weighted by Gasteiger charge is -2.06. The summed E-state index contributed by atoms with van der Waals surface area (Å²) >= 11 is 9.65. The predicted octanol–water partition coefficient (Wildman–Crippen LogP) is 4.56. The molecule has 0 spiro atoms. The van der Waals surface area contributed by atoms with E-state index in [1.807, 2.05) is 18.2 Å². The lowest BCUT2D eigenvalue weighted by atomic mass is 10.1. The van der Waals surface area contributed by atoms with Gasteiger partial charge in [0, 0.05) is 10.0 Å². The van der Waals surface area contributed by atoms with E-state index in [1.54, 1.807) is 12.5 Å². The molecule has 3 heteroatoms. The first-order valence-electron chi connectivity index (χ1n) is 4.66. The van der Waals surface area contributed by atoms with Crippen LogP contribution in [0.1, 0.15) is 16.5 Å². The second-order valence-electron chi connectivity index (χ2n) is 3.35. The predicted molar refractivity (Wildman–Crippen MR) is 65.1 cm³/mol. The third-order valence-electron chi connectivity index (χ3n) is 2.23. The van der Waals surface area contributed by atoms with Crippen molar-refractivity contribution in [2.24, 2.45) is 0 Å². The first kappa shape index (κ1) is 10.8. The Balaban J connectivity index is 2.06. The van der Waals surface area contributed by atoms with Crippen molar-refractivity contribution in [3.05, 3.63) is 58.5 Å². The summed E-state index contributed by atoms with van der Waals surface area (Å²) in [6.07, 6.45) is 4.15. The fourth-order valence-electron chi connectivity index (χ4n) is 1.40. The van der Waals surface area contributed by atoms with Crippen LogP contribution in [0.15, 0.2) is 51.7 Å². The number of rotatable bonds is 3. The Hall–Kier alpha value is -0.730. The van der Waals surface area contributed by atoms with Crippen LogP contribution < -0.4 is 0 Å². The summed E-state index contributed by atoms with van der Waals surface area (Å²) in [7, 11) is 0. The molecule has 0 aliphatic carbocycles. The summed E-state index contributed by atoms with van der Waals surface area (Å²) in [5.74, 6) is 0. The highest BCUT2D eigenvalue weighted by Gasteiger charge is 2.09. The molecular formula is C12H10BrClO. The van der Waals surface area contributed by atoms with Crippen LogP contribution in [-0.2, 0) is 6.42 Å². The monoisotopic (exact) mass is 284 g/mol. The molecule has 0 saturated carbocycles. The smallest absolute Gasteiger partial charge is 0.0949 e. The maximum atomic E-state index is 6.25. The van der Waals surface area contributed by atoms with Gasteiger partial charge in [0.1, 0.15) is 0 Å². The molecule has 1 unspecified atom stereocenters. The van der Waals surface area contributed by atoms with Gasteiger partial charge >= 0.3 is 0 Å². The standard InChI is InChI=1S/C12H10BrClO/c13-11-3-1-9(2-4-11)7-12(14)10-5-6-15-8-10/h1-6,8,12H,7H2. The number of hydrogen-bond acceptors (Lipinski definition) is 1. The third-order valence-corrected chi connectivity index (χ3v) is 3.17. The molecule has 0 saturated heterocycles. The van der Waals surface area contributed by atoms with Crippen molar-refractivity contribution >= 4 is 27.5 Å². The molecule has 1 nitrogen and oxygen atoms in total. The minimum absolute atomic E-state index is 0.0232. The molecular weight excluding hydrogens is 275 g/mol. The number of halogens is 2. The number of furan rings is 1. The molecule has 0 radical (unpaired) electrons. The molecule has 0 aliphatic heterocycles. The summed E-state index contributed by atoms with van der Waals surface area (Å²) in [5, 5.41) is -0.0232. The Morgan fingerprint density at radius 2 is 1.93 bits per heavy atom. The zero-order chi connectivity index (χ0) is 10.7. The molecule has 78 valence electrons. The zero-order valence-electron chi connectivity index (χ0n) is 7.99. The molecule has 1 atom stereocenters. The van der Waals surface area contributed by atoms with Gasteiger partial charge in [0.2, 0.25) is 0 Å². The van der Waals surface area contributed by atoms with Crippen molar-refractivity contribution in [1.29, 1.82) is 0 Å². The second-order valence-corrected chi connectivity index (χ2v) is 4.80. The van der Waals surface area contributed by atoms with Gasteiger partial charge in [0.15, 0.2) is 0 Å². The Labute approximate surface area is 102 Å². The quantitative estimate of drug-likeness (QED) is 0.753. The van der Waals surface area contributed by atoms with E-state index in [-0.39, 0.29) is 5.38 Å².